The Balaban J connectivity index is 1.46. The number of carbonyl (C=O) groups is 1. The highest BCUT2D eigenvalue weighted by atomic mass is 32.2. The van der Waals surface area contributed by atoms with Crippen molar-refractivity contribution in [1.29, 1.82) is 0 Å². The van der Waals surface area contributed by atoms with Gasteiger partial charge in [0.05, 0.1) is 11.7 Å². The van der Waals surface area contributed by atoms with Crippen LogP contribution in [-0.4, -0.2) is 38.3 Å². The maximum atomic E-state index is 12.1. The molecule has 2 N–H and O–H groups in total. The van der Waals surface area contributed by atoms with Gasteiger partial charge in [-0.3, -0.25) is 5.32 Å². The second-order valence-electron chi connectivity index (χ2n) is 6.01. The molecule has 7 nitrogen and oxygen atoms in total. The van der Waals surface area contributed by atoms with Crippen LogP contribution in [0.2, 0.25) is 0 Å². The first kappa shape index (κ1) is 17.2. The summed E-state index contributed by atoms with van der Waals surface area (Å²) in [5.74, 6) is 2.20. The average Bonchev–Trinajstić information content (AvgIpc) is 3.21. The molecule has 3 rings (SSSR count). The predicted molar refractivity (Wildman–Crippen MR) is 96.8 cm³/mol. The molecule has 1 fully saturated rings. The first-order valence-electron chi connectivity index (χ1n) is 8.07. The minimum Gasteiger partial charge on any atom is -0.337 e. The molecule has 2 amide bonds. The van der Waals surface area contributed by atoms with Crippen LogP contribution in [0.4, 0.5) is 10.6 Å². The number of nitrogens with one attached hydrogen (secondary N) is 2. The lowest BCUT2D eigenvalue weighted by Crippen LogP contribution is -2.31. The van der Waals surface area contributed by atoms with E-state index < -0.39 is 0 Å². The van der Waals surface area contributed by atoms with Crippen LogP contribution in [-0.2, 0) is 0 Å². The van der Waals surface area contributed by atoms with E-state index in [2.05, 4.69) is 32.9 Å². The summed E-state index contributed by atoms with van der Waals surface area (Å²) < 4.78 is 2.87. The zero-order valence-corrected chi connectivity index (χ0v) is 15.7. The molecule has 1 aliphatic carbocycles. The van der Waals surface area contributed by atoms with Gasteiger partial charge in [0.25, 0.3) is 0 Å². The maximum absolute atomic E-state index is 12.1. The monoisotopic (exact) mass is 366 g/mol. The minimum absolute atomic E-state index is 0.201. The first-order chi connectivity index (χ1) is 11.5. The second-order valence-corrected chi connectivity index (χ2v) is 8.53. The van der Waals surface area contributed by atoms with E-state index in [1.165, 1.54) is 12.8 Å². The summed E-state index contributed by atoms with van der Waals surface area (Å²) in [5, 5.41) is 19.3. The number of carbonyl (C=O) groups excluding carboxylic acids is 1. The first-order valence-corrected chi connectivity index (χ1v) is 9.87. The lowest BCUT2D eigenvalue weighted by Gasteiger charge is -2.15. The van der Waals surface area contributed by atoms with Gasteiger partial charge in [0, 0.05) is 18.4 Å². The number of hydrogen-bond acceptors (Lipinski definition) is 6. The molecular weight excluding hydrogens is 344 g/mol. The van der Waals surface area contributed by atoms with Crippen molar-refractivity contribution in [3.63, 3.8) is 0 Å². The summed E-state index contributed by atoms with van der Waals surface area (Å²) in [5.41, 5.74) is 0.917. The number of aromatic nitrogens is 4. The molecule has 0 radical (unpaired) electrons. The van der Waals surface area contributed by atoms with Gasteiger partial charge in [-0.1, -0.05) is 23.1 Å². The number of thioether (sulfide) groups is 1. The van der Waals surface area contributed by atoms with Crippen LogP contribution in [0.3, 0.4) is 0 Å². The minimum atomic E-state index is -0.201. The fraction of sp³-hybridized carbons (Fsp3) is 0.600. The lowest BCUT2D eigenvalue weighted by atomic mass is 10.2. The molecule has 24 heavy (non-hydrogen) atoms. The van der Waals surface area contributed by atoms with Gasteiger partial charge in [0.2, 0.25) is 0 Å². The van der Waals surface area contributed by atoms with Gasteiger partial charge in [-0.05, 0) is 39.5 Å². The van der Waals surface area contributed by atoms with Gasteiger partial charge in [0.1, 0.15) is 10.8 Å². The van der Waals surface area contributed by atoms with Crippen LogP contribution in [0.1, 0.15) is 36.5 Å². The van der Waals surface area contributed by atoms with Crippen LogP contribution in [0, 0.1) is 19.8 Å². The molecule has 9 heteroatoms. The molecule has 1 aliphatic rings. The molecule has 2 aromatic rings. The maximum Gasteiger partial charge on any atom is 0.320 e. The van der Waals surface area contributed by atoms with Crippen molar-refractivity contribution >= 4 is 34.9 Å². The molecule has 0 spiro atoms. The van der Waals surface area contributed by atoms with Crippen molar-refractivity contribution in [2.24, 2.45) is 5.92 Å². The fourth-order valence-corrected chi connectivity index (χ4v) is 4.24. The van der Waals surface area contributed by atoms with E-state index in [4.69, 9.17) is 0 Å². The van der Waals surface area contributed by atoms with Crippen LogP contribution >= 0.6 is 23.1 Å². The van der Waals surface area contributed by atoms with Crippen molar-refractivity contribution in [2.45, 2.75) is 44.0 Å². The molecule has 1 saturated carbocycles. The third-order valence-electron chi connectivity index (χ3n) is 3.91. The molecule has 2 heterocycles. The van der Waals surface area contributed by atoms with Crippen molar-refractivity contribution in [3.05, 3.63) is 16.8 Å². The Morgan fingerprint density at radius 1 is 1.46 bits per heavy atom. The average molecular weight is 367 g/mol. The van der Waals surface area contributed by atoms with Gasteiger partial charge in [-0.15, -0.1) is 10.2 Å². The van der Waals surface area contributed by atoms with E-state index in [1.807, 2.05) is 24.6 Å². The largest absolute Gasteiger partial charge is 0.337 e. The highest BCUT2D eigenvalue weighted by Crippen LogP contribution is 2.40. The number of aryl methyl sites for hydroxylation is 2. The highest BCUT2D eigenvalue weighted by molar-refractivity contribution is 8.01. The van der Waals surface area contributed by atoms with Gasteiger partial charge < -0.3 is 5.32 Å². The fourth-order valence-electron chi connectivity index (χ4n) is 2.50. The summed E-state index contributed by atoms with van der Waals surface area (Å²) >= 11 is 3.17. The second kappa shape index (κ2) is 7.52. The standard InChI is InChI=1S/C15H22N6OS2/c1-9-8-13(21(20-9)10(2)12-4-5-12)17-14(22)16-6-7-23-15-19-18-11(3)24-15/h8,10,12H,4-7H2,1-3H3,(H2,16,17,22)/t10-/m0/s1. The van der Waals surface area contributed by atoms with Crippen molar-refractivity contribution in [3.8, 4) is 0 Å². The van der Waals surface area contributed by atoms with Gasteiger partial charge in [-0.25, -0.2) is 9.48 Å². The van der Waals surface area contributed by atoms with E-state index in [-0.39, 0.29) is 6.03 Å². The Morgan fingerprint density at radius 2 is 2.25 bits per heavy atom. The number of anilines is 1. The quantitative estimate of drug-likeness (QED) is 0.580. The van der Waals surface area contributed by atoms with Crippen LogP contribution < -0.4 is 10.6 Å². The zero-order chi connectivity index (χ0) is 17.1. The zero-order valence-electron chi connectivity index (χ0n) is 14.1. The Morgan fingerprint density at radius 3 is 2.92 bits per heavy atom. The Bertz CT molecular complexity index is 709. The number of nitrogens with zero attached hydrogens (tertiary/aromatic N) is 4. The molecule has 0 saturated heterocycles. The SMILES string of the molecule is Cc1cc(NC(=O)NCCSc2nnc(C)s2)n([C@@H](C)C2CC2)n1. The normalized spacial score (nSPS) is 15.3. The Labute approximate surface area is 149 Å². The summed E-state index contributed by atoms with van der Waals surface area (Å²) in [6.07, 6.45) is 2.49. The number of urea groups is 1. The number of rotatable bonds is 7. The Hall–Kier alpha value is -1.61. The Kier molecular flexibility index (Phi) is 5.40. The summed E-state index contributed by atoms with van der Waals surface area (Å²) in [6, 6.07) is 2.04. The van der Waals surface area contributed by atoms with E-state index >= 15 is 0 Å². The van der Waals surface area contributed by atoms with E-state index in [0.717, 1.165) is 26.6 Å². The van der Waals surface area contributed by atoms with Gasteiger partial charge in [0.15, 0.2) is 4.34 Å². The molecule has 0 unspecified atom stereocenters. The van der Waals surface area contributed by atoms with Crippen molar-refractivity contribution < 1.29 is 4.79 Å². The lowest BCUT2D eigenvalue weighted by molar-refractivity contribution is 0.252. The molecule has 1 atom stereocenters. The van der Waals surface area contributed by atoms with Crippen molar-refractivity contribution in [2.75, 3.05) is 17.6 Å². The van der Waals surface area contributed by atoms with E-state index in [9.17, 15) is 4.79 Å². The summed E-state index contributed by atoms with van der Waals surface area (Å²) in [6.45, 7) is 6.61. The van der Waals surface area contributed by atoms with Gasteiger partial charge >= 0.3 is 6.03 Å². The molecule has 0 bridgehead atoms. The third kappa shape index (κ3) is 4.47. The van der Waals surface area contributed by atoms with Crippen LogP contribution in [0.15, 0.2) is 10.4 Å². The summed E-state index contributed by atoms with van der Waals surface area (Å²) in [7, 11) is 0. The molecule has 2 aromatic heterocycles. The summed E-state index contributed by atoms with van der Waals surface area (Å²) in [4.78, 5) is 12.1. The van der Waals surface area contributed by atoms with Crippen LogP contribution in [0.25, 0.3) is 0 Å². The van der Waals surface area contributed by atoms with Gasteiger partial charge in [-0.2, -0.15) is 5.10 Å². The van der Waals surface area contributed by atoms with Crippen molar-refractivity contribution in [1.82, 2.24) is 25.3 Å². The molecule has 130 valence electrons. The highest BCUT2D eigenvalue weighted by Gasteiger charge is 2.31. The predicted octanol–water partition coefficient (Wildman–Crippen LogP) is 3.24. The molecular formula is C15H22N6OS2. The van der Waals surface area contributed by atoms with E-state index in [0.29, 0.717) is 18.5 Å². The molecule has 0 aliphatic heterocycles. The topological polar surface area (TPSA) is 84.7 Å². The molecule has 0 aromatic carbocycles. The van der Waals surface area contributed by atoms with E-state index in [1.54, 1.807) is 23.1 Å². The number of amides is 2. The third-order valence-corrected chi connectivity index (χ3v) is 5.88. The number of hydrogen-bond donors (Lipinski definition) is 2. The smallest absolute Gasteiger partial charge is 0.320 e. The van der Waals surface area contributed by atoms with Crippen LogP contribution in [0.5, 0.6) is 0 Å².